The third-order valence-corrected chi connectivity index (χ3v) is 4.44. The zero-order valence-corrected chi connectivity index (χ0v) is 13.3. The molecule has 0 heterocycles. The predicted octanol–water partition coefficient (Wildman–Crippen LogP) is 4.27. The Morgan fingerprint density at radius 1 is 1.33 bits per heavy atom. The minimum Gasteiger partial charge on any atom is -0.326 e. The summed E-state index contributed by atoms with van der Waals surface area (Å²) in [5, 5.41) is 6.43. The van der Waals surface area contributed by atoms with Gasteiger partial charge in [0.1, 0.15) is 0 Å². The molecule has 2 rings (SSSR count). The molecule has 1 unspecified atom stereocenters. The summed E-state index contributed by atoms with van der Waals surface area (Å²) in [4.78, 5) is 12.0. The Labute approximate surface area is 128 Å². The average Bonchev–Trinajstić information content (AvgIpc) is 2.99. The second kappa shape index (κ2) is 8.18. The number of benzene rings is 1. The Bertz CT molecular complexity index is 452. The lowest BCUT2D eigenvalue weighted by Gasteiger charge is -2.14. The molecule has 1 aromatic rings. The Balaban J connectivity index is 1.83. The molecule has 1 saturated carbocycles. The molecule has 0 aliphatic heterocycles. The van der Waals surface area contributed by atoms with Gasteiger partial charge in [0.15, 0.2) is 0 Å². The summed E-state index contributed by atoms with van der Waals surface area (Å²) < 4.78 is 0. The number of rotatable bonds is 7. The lowest BCUT2D eigenvalue weighted by molar-refractivity contribution is -0.116. The van der Waals surface area contributed by atoms with Gasteiger partial charge in [-0.05, 0) is 43.5 Å². The van der Waals surface area contributed by atoms with E-state index in [0.717, 1.165) is 24.6 Å². The summed E-state index contributed by atoms with van der Waals surface area (Å²) in [5.74, 6) is 0.922. The van der Waals surface area contributed by atoms with E-state index < -0.39 is 0 Å². The van der Waals surface area contributed by atoms with Crippen molar-refractivity contribution < 1.29 is 4.79 Å². The summed E-state index contributed by atoms with van der Waals surface area (Å²) in [7, 11) is 0. The first-order valence-corrected chi connectivity index (χ1v) is 8.32. The Hall–Kier alpha value is -1.35. The topological polar surface area (TPSA) is 41.1 Å². The molecule has 3 nitrogen and oxygen atoms in total. The standard InChI is InChI=1S/C18H28N2O/c1-3-19-14(2)16-9-6-10-17(13-16)20-18(21)12-11-15-7-4-5-8-15/h6,9-10,13-15,19H,3-5,7-8,11-12H2,1-2H3,(H,20,21). The molecule has 1 amide bonds. The summed E-state index contributed by atoms with van der Waals surface area (Å²) in [6, 6.07) is 8.46. The van der Waals surface area contributed by atoms with E-state index in [0.29, 0.717) is 12.5 Å². The zero-order chi connectivity index (χ0) is 15.1. The summed E-state index contributed by atoms with van der Waals surface area (Å²) >= 11 is 0. The zero-order valence-electron chi connectivity index (χ0n) is 13.3. The molecule has 116 valence electrons. The van der Waals surface area contributed by atoms with Gasteiger partial charge in [-0.1, -0.05) is 44.7 Å². The number of hydrogen-bond donors (Lipinski definition) is 2. The highest BCUT2D eigenvalue weighted by atomic mass is 16.1. The van der Waals surface area contributed by atoms with Gasteiger partial charge in [-0.2, -0.15) is 0 Å². The SMILES string of the molecule is CCNC(C)c1cccc(NC(=O)CCC2CCCC2)c1. The maximum Gasteiger partial charge on any atom is 0.224 e. The molecular weight excluding hydrogens is 260 g/mol. The lowest BCUT2D eigenvalue weighted by atomic mass is 10.0. The molecule has 0 radical (unpaired) electrons. The van der Waals surface area contributed by atoms with Crippen LogP contribution in [0.3, 0.4) is 0 Å². The largest absolute Gasteiger partial charge is 0.326 e. The van der Waals surface area contributed by atoms with Crippen molar-refractivity contribution in [2.75, 3.05) is 11.9 Å². The monoisotopic (exact) mass is 288 g/mol. The normalized spacial score (nSPS) is 16.9. The quantitative estimate of drug-likeness (QED) is 0.787. The fourth-order valence-electron chi connectivity index (χ4n) is 3.17. The number of hydrogen-bond acceptors (Lipinski definition) is 2. The Kier molecular flexibility index (Phi) is 6.24. The van der Waals surface area contributed by atoms with Gasteiger partial charge in [0.2, 0.25) is 5.91 Å². The van der Waals surface area contributed by atoms with E-state index in [1.54, 1.807) is 0 Å². The van der Waals surface area contributed by atoms with Gasteiger partial charge in [-0.3, -0.25) is 4.79 Å². The number of carbonyl (C=O) groups excluding carboxylic acids is 1. The van der Waals surface area contributed by atoms with Crippen LogP contribution in [-0.2, 0) is 4.79 Å². The van der Waals surface area contributed by atoms with E-state index in [2.05, 4.69) is 36.6 Å². The predicted molar refractivity (Wildman–Crippen MR) is 88.4 cm³/mol. The molecule has 0 spiro atoms. The number of carbonyl (C=O) groups is 1. The average molecular weight is 288 g/mol. The van der Waals surface area contributed by atoms with E-state index in [1.165, 1.54) is 31.2 Å². The molecule has 1 fully saturated rings. The molecule has 1 aliphatic carbocycles. The molecule has 2 N–H and O–H groups in total. The van der Waals surface area contributed by atoms with Crippen LogP contribution < -0.4 is 10.6 Å². The summed E-state index contributed by atoms with van der Waals surface area (Å²) in [6.45, 7) is 5.19. The molecule has 0 bridgehead atoms. The van der Waals surface area contributed by atoms with Crippen molar-refractivity contribution in [2.45, 2.75) is 58.4 Å². The first-order valence-electron chi connectivity index (χ1n) is 8.32. The van der Waals surface area contributed by atoms with E-state index in [-0.39, 0.29) is 5.91 Å². The van der Waals surface area contributed by atoms with Gasteiger partial charge >= 0.3 is 0 Å². The van der Waals surface area contributed by atoms with Crippen LogP contribution in [0.1, 0.15) is 64.0 Å². The van der Waals surface area contributed by atoms with Crippen LogP contribution >= 0.6 is 0 Å². The third-order valence-electron chi connectivity index (χ3n) is 4.44. The first kappa shape index (κ1) is 16.0. The lowest BCUT2D eigenvalue weighted by Crippen LogP contribution is -2.18. The van der Waals surface area contributed by atoms with Crippen LogP contribution in [0, 0.1) is 5.92 Å². The first-order chi connectivity index (χ1) is 10.2. The fourth-order valence-corrected chi connectivity index (χ4v) is 3.17. The van der Waals surface area contributed by atoms with Crippen molar-refractivity contribution >= 4 is 11.6 Å². The van der Waals surface area contributed by atoms with Crippen LogP contribution in [0.15, 0.2) is 24.3 Å². The van der Waals surface area contributed by atoms with Crippen molar-refractivity contribution in [1.29, 1.82) is 0 Å². The second-order valence-corrected chi connectivity index (χ2v) is 6.14. The Morgan fingerprint density at radius 3 is 2.81 bits per heavy atom. The number of amides is 1. The smallest absolute Gasteiger partial charge is 0.224 e. The van der Waals surface area contributed by atoms with Crippen molar-refractivity contribution in [3.8, 4) is 0 Å². The van der Waals surface area contributed by atoms with E-state index in [4.69, 9.17) is 0 Å². The van der Waals surface area contributed by atoms with Crippen molar-refractivity contribution in [1.82, 2.24) is 5.32 Å². The number of nitrogens with one attached hydrogen (secondary N) is 2. The van der Waals surface area contributed by atoms with Gasteiger partial charge in [0.25, 0.3) is 0 Å². The van der Waals surface area contributed by atoms with Crippen molar-refractivity contribution in [2.24, 2.45) is 5.92 Å². The summed E-state index contributed by atoms with van der Waals surface area (Å²) in [6.07, 6.45) is 7.00. The van der Waals surface area contributed by atoms with Crippen LogP contribution in [0.25, 0.3) is 0 Å². The number of anilines is 1. The van der Waals surface area contributed by atoms with Gasteiger partial charge < -0.3 is 10.6 Å². The molecule has 0 aromatic heterocycles. The highest BCUT2D eigenvalue weighted by Gasteiger charge is 2.16. The molecule has 1 aromatic carbocycles. The minimum absolute atomic E-state index is 0.148. The van der Waals surface area contributed by atoms with Gasteiger partial charge in [0.05, 0.1) is 0 Å². The molecule has 3 heteroatoms. The van der Waals surface area contributed by atoms with Crippen molar-refractivity contribution in [3.63, 3.8) is 0 Å². The minimum atomic E-state index is 0.148. The van der Waals surface area contributed by atoms with Crippen molar-refractivity contribution in [3.05, 3.63) is 29.8 Å². The van der Waals surface area contributed by atoms with E-state index >= 15 is 0 Å². The highest BCUT2D eigenvalue weighted by Crippen LogP contribution is 2.28. The van der Waals surface area contributed by atoms with E-state index in [9.17, 15) is 4.79 Å². The second-order valence-electron chi connectivity index (χ2n) is 6.14. The molecule has 21 heavy (non-hydrogen) atoms. The maximum atomic E-state index is 12.0. The van der Waals surface area contributed by atoms with Crippen LogP contribution in [0.4, 0.5) is 5.69 Å². The van der Waals surface area contributed by atoms with Gasteiger partial charge in [-0.25, -0.2) is 0 Å². The highest BCUT2D eigenvalue weighted by molar-refractivity contribution is 5.90. The van der Waals surface area contributed by atoms with Gasteiger partial charge in [0, 0.05) is 18.2 Å². The third kappa shape index (κ3) is 5.16. The van der Waals surface area contributed by atoms with Crippen LogP contribution in [0.5, 0.6) is 0 Å². The molecule has 0 saturated heterocycles. The van der Waals surface area contributed by atoms with Gasteiger partial charge in [-0.15, -0.1) is 0 Å². The molecule has 1 aliphatic rings. The fraction of sp³-hybridized carbons (Fsp3) is 0.611. The maximum absolute atomic E-state index is 12.0. The van der Waals surface area contributed by atoms with Crippen LogP contribution in [0.2, 0.25) is 0 Å². The Morgan fingerprint density at radius 2 is 2.10 bits per heavy atom. The van der Waals surface area contributed by atoms with Crippen LogP contribution in [-0.4, -0.2) is 12.5 Å². The van der Waals surface area contributed by atoms with E-state index in [1.807, 2.05) is 12.1 Å². The summed E-state index contributed by atoms with van der Waals surface area (Å²) in [5.41, 5.74) is 2.12. The molecule has 1 atom stereocenters. The molecular formula is C18H28N2O.